The summed E-state index contributed by atoms with van der Waals surface area (Å²) in [4.78, 5) is 4.92. The summed E-state index contributed by atoms with van der Waals surface area (Å²) in [5.74, 6) is 0.883. The van der Waals surface area contributed by atoms with Crippen LogP contribution >= 0.6 is 11.3 Å². The van der Waals surface area contributed by atoms with Crippen LogP contribution in [0.15, 0.2) is 164 Å². The summed E-state index contributed by atoms with van der Waals surface area (Å²) in [7, 11) is 0. The average molecular weight is 648 g/mol. The SMILES string of the molecule is [2H]c1c([2H])c([2H])c(-c2ccc3c(-c4ccccc4-n4c(C)nc5ccccc54)c4ccccc4c(-c4cccc5sc6ccccc6c45)c3c2)c([2H])c1[2H]. The number of imidazole rings is 1. The van der Waals surface area contributed by atoms with Gasteiger partial charge in [0.15, 0.2) is 0 Å². The number of rotatable bonds is 4. The molecule has 10 aromatic rings. The molecule has 49 heavy (non-hydrogen) atoms. The van der Waals surface area contributed by atoms with Crippen molar-refractivity contribution in [1.29, 1.82) is 0 Å². The Balaban J connectivity index is 1.39. The Hall–Kier alpha value is -6.03. The first kappa shape index (κ1) is 23.3. The van der Waals surface area contributed by atoms with Crippen LogP contribution < -0.4 is 0 Å². The Bertz CT molecular complexity index is 3170. The third kappa shape index (κ3) is 4.29. The first-order chi connectivity index (χ1) is 26.3. The molecule has 0 bridgehead atoms. The second-order valence-corrected chi connectivity index (χ2v) is 13.4. The van der Waals surface area contributed by atoms with Gasteiger partial charge in [-0.3, -0.25) is 4.57 Å². The van der Waals surface area contributed by atoms with E-state index in [2.05, 4.69) is 108 Å². The highest BCUT2D eigenvalue weighted by atomic mass is 32.1. The number of aromatic nitrogens is 2. The molecule has 0 amide bonds. The van der Waals surface area contributed by atoms with Gasteiger partial charge in [0.1, 0.15) is 5.82 Å². The van der Waals surface area contributed by atoms with E-state index in [0.717, 1.165) is 66.3 Å². The molecule has 230 valence electrons. The van der Waals surface area contributed by atoms with Gasteiger partial charge in [0.2, 0.25) is 0 Å². The molecule has 2 nitrogen and oxygen atoms in total. The minimum Gasteiger partial charge on any atom is -0.296 e. The van der Waals surface area contributed by atoms with E-state index in [4.69, 9.17) is 11.8 Å². The summed E-state index contributed by atoms with van der Waals surface area (Å²) >= 11 is 1.77. The van der Waals surface area contributed by atoms with E-state index < -0.39 is 6.04 Å². The van der Waals surface area contributed by atoms with Gasteiger partial charge < -0.3 is 0 Å². The minimum absolute atomic E-state index is 0.184. The topological polar surface area (TPSA) is 17.8 Å². The van der Waals surface area contributed by atoms with E-state index in [1.54, 1.807) is 11.3 Å². The second-order valence-electron chi connectivity index (χ2n) is 12.3. The van der Waals surface area contributed by atoms with Gasteiger partial charge >= 0.3 is 0 Å². The monoisotopic (exact) mass is 647 g/mol. The molecule has 2 aromatic heterocycles. The van der Waals surface area contributed by atoms with Gasteiger partial charge in [-0.25, -0.2) is 4.98 Å². The lowest BCUT2D eigenvalue weighted by atomic mass is 9.83. The van der Waals surface area contributed by atoms with Crippen molar-refractivity contribution in [2.24, 2.45) is 0 Å². The third-order valence-corrected chi connectivity index (χ3v) is 10.8. The highest BCUT2D eigenvalue weighted by Crippen LogP contribution is 2.49. The van der Waals surface area contributed by atoms with Crippen LogP contribution in [0.25, 0.3) is 91.8 Å². The smallest absolute Gasteiger partial charge is 0.111 e. The minimum atomic E-state index is -0.404. The van der Waals surface area contributed by atoms with Crippen molar-refractivity contribution in [3.05, 3.63) is 169 Å². The van der Waals surface area contributed by atoms with E-state index >= 15 is 0 Å². The number of fused-ring (bicyclic) bond motifs is 6. The molecule has 8 aromatic carbocycles. The average Bonchev–Trinajstić information content (AvgIpc) is 3.75. The van der Waals surface area contributed by atoms with Crippen LogP contribution in [0.3, 0.4) is 0 Å². The lowest BCUT2D eigenvalue weighted by Gasteiger charge is -2.21. The van der Waals surface area contributed by atoms with Crippen molar-refractivity contribution in [2.75, 3.05) is 0 Å². The summed E-state index contributed by atoms with van der Waals surface area (Å²) in [6, 6.07) is 44.6. The zero-order valence-electron chi connectivity index (χ0n) is 31.5. The first-order valence-corrected chi connectivity index (χ1v) is 17.1. The molecule has 0 fully saturated rings. The van der Waals surface area contributed by atoms with Gasteiger partial charge in [0.25, 0.3) is 0 Å². The van der Waals surface area contributed by atoms with Gasteiger partial charge in [-0.15, -0.1) is 11.3 Å². The predicted molar refractivity (Wildman–Crippen MR) is 210 cm³/mol. The van der Waals surface area contributed by atoms with Gasteiger partial charge in [-0.05, 0) is 92.7 Å². The van der Waals surface area contributed by atoms with Crippen LogP contribution in [0, 0.1) is 6.92 Å². The predicted octanol–water partition coefficient (Wildman–Crippen LogP) is 13.0. The number of thiophene rings is 1. The van der Waals surface area contributed by atoms with E-state index in [1.807, 2.05) is 37.3 Å². The maximum absolute atomic E-state index is 8.90. The number of para-hydroxylation sites is 3. The molecule has 0 aliphatic heterocycles. The maximum atomic E-state index is 8.90. The molecular formula is C46H30N2S. The molecule has 0 aliphatic carbocycles. The van der Waals surface area contributed by atoms with E-state index in [1.165, 1.54) is 20.2 Å². The number of benzene rings is 8. The zero-order chi connectivity index (χ0) is 36.8. The molecular weight excluding hydrogens is 613 g/mol. The molecule has 0 N–H and O–H groups in total. The van der Waals surface area contributed by atoms with E-state index in [9.17, 15) is 0 Å². The number of hydrogen-bond acceptors (Lipinski definition) is 2. The lowest BCUT2D eigenvalue weighted by molar-refractivity contribution is 1.00. The summed E-state index contributed by atoms with van der Waals surface area (Å²) in [6.07, 6.45) is 0. The molecule has 2 heterocycles. The fourth-order valence-corrected chi connectivity index (χ4v) is 8.75. The quantitative estimate of drug-likeness (QED) is 0.174. The Kier molecular flexibility index (Phi) is 5.24. The van der Waals surface area contributed by atoms with Crippen molar-refractivity contribution in [1.82, 2.24) is 9.55 Å². The normalized spacial score (nSPS) is 13.2. The van der Waals surface area contributed by atoms with E-state index in [0.29, 0.717) is 5.56 Å². The van der Waals surface area contributed by atoms with Crippen LogP contribution in [0.1, 0.15) is 12.7 Å². The standard InChI is InChI=1S/C46H30N2S/c1-29-47-39-21-9-11-23-41(39)48(29)40-22-10-7-18-35(40)44-32-16-5-6-17-33(32)45(38-28-31(26-27-34(38)44)30-14-3-2-4-15-30)37-20-13-25-43-46(37)36-19-8-12-24-42(36)49-43/h2-28H,1H3/i2D,3D,4D,14D,15D. The Morgan fingerprint density at radius 2 is 1.20 bits per heavy atom. The van der Waals surface area contributed by atoms with Crippen LogP contribution in [-0.4, -0.2) is 9.55 Å². The molecule has 0 unspecified atom stereocenters. The van der Waals surface area contributed by atoms with E-state index in [-0.39, 0.29) is 29.7 Å². The number of hydrogen-bond donors (Lipinski definition) is 0. The summed E-state index contributed by atoms with van der Waals surface area (Å²) < 4.78 is 47.6. The fraction of sp³-hybridized carbons (Fsp3) is 0.0217. The van der Waals surface area contributed by atoms with Crippen molar-refractivity contribution in [3.8, 4) is 39.1 Å². The highest BCUT2D eigenvalue weighted by Gasteiger charge is 2.22. The van der Waals surface area contributed by atoms with Crippen LogP contribution in [0.4, 0.5) is 0 Å². The molecule has 3 heteroatoms. The van der Waals surface area contributed by atoms with Gasteiger partial charge in [-0.1, -0.05) is 127 Å². The summed E-state index contributed by atoms with van der Waals surface area (Å²) in [6.45, 7) is 2.04. The van der Waals surface area contributed by atoms with Crippen molar-refractivity contribution in [2.45, 2.75) is 6.92 Å². The Labute approximate surface area is 295 Å². The molecule has 0 aliphatic rings. The zero-order valence-corrected chi connectivity index (χ0v) is 27.3. The highest BCUT2D eigenvalue weighted by molar-refractivity contribution is 7.25. The molecule has 0 saturated heterocycles. The molecule has 0 saturated carbocycles. The van der Waals surface area contributed by atoms with Crippen molar-refractivity contribution >= 4 is 64.1 Å². The summed E-state index contributed by atoms with van der Waals surface area (Å²) in [5.41, 5.74) is 7.90. The van der Waals surface area contributed by atoms with Crippen molar-refractivity contribution in [3.63, 3.8) is 0 Å². The van der Waals surface area contributed by atoms with Crippen LogP contribution in [-0.2, 0) is 0 Å². The van der Waals surface area contributed by atoms with Gasteiger partial charge in [-0.2, -0.15) is 0 Å². The van der Waals surface area contributed by atoms with Gasteiger partial charge in [0.05, 0.1) is 23.6 Å². The third-order valence-electron chi connectivity index (χ3n) is 9.63. The fourth-order valence-electron chi connectivity index (χ4n) is 7.62. The number of nitrogens with zero attached hydrogens (tertiary/aromatic N) is 2. The molecule has 0 atom stereocenters. The van der Waals surface area contributed by atoms with Crippen LogP contribution in [0.2, 0.25) is 0 Å². The molecule has 10 rings (SSSR count). The van der Waals surface area contributed by atoms with Crippen LogP contribution in [0.5, 0.6) is 0 Å². The largest absolute Gasteiger partial charge is 0.296 e. The summed E-state index contributed by atoms with van der Waals surface area (Å²) in [5, 5.41) is 6.42. The second kappa shape index (κ2) is 11.0. The van der Waals surface area contributed by atoms with Gasteiger partial charge in [0, 0.05) is 25.7 Å². The molecule has 0 spiro atoms. The molecule has 0 radical (unpaired) electrons. The Morgan fingerprint density at radius 1 is 0.551 bits per heavy atom. The lowest BCUT2D eigenvalue weighted by Crippen LogP contribution is -2.01. The maximum Gasteiger partial charge on any atom is 0.111 e. The Morgan fingerprint density at radius 3 is 2.06 bits per heavy atom. The first-order valence-electron chi connectivity index (χ1n) is 18.8. The number of aryl methyl sites for hydroxylation is 1. The van der Waals surface area contributed by atoms with Crippen molar-refractivity contribution < 1.29 is 6.85 Å².